The first-order valence-corrected chi connectivity index (χ1v) is 12.1. The molecule has 0 radical (unpaired) electrons. The van der Waals surface area contributed by atoms with Crippen LogP contribution in [-0.2, 0) is 28.2 Å². The van der Waals surface area contributed by atoms with Gasteiger partial charge in [0.2, 0.25) is 5.91 Å². The van der Waals surface area contributed by atoms with Crippen molar-refractivity contribution >= 4 is 40.0 Å². The number of urea groups is 1. The summed E-state index contributed by atoms with van der Waals surface area (Å²) >= 11 is 1.60. The van der Waals surface area contributed by atoms with Gasteiger partial charge in [-0.05, 0) is 60.5 Å². The van der Waals surface area contributed by atoms with Crippen molar-refractivity contribution in [1.82, 2.24) is 15.1 Å². The summed E-state index contributed by atoms with van der Waals surface area (Å²) < 4.78 is 5.45. The van der Waals surface area contributed by atoms with E-state index in [0.29, 0.717) is 17.9 Å². The zero-order valence-electron chi connectivity index (χ0n) is 19.5. The number of thiophene rings is 1. The first-order chi connectivity index (χ1) is 16.8. The second-order valence-corrected chi connectivity index (χ2v) is 10.2. The van der Waals surface area contributed by atoms with Crippen LogP contribution in [0.25, 0.3) is 10.8 Å². The first kappa shape index (κ1) is 22.9. The Morgan fingerprint density at radius 1 is 1.03 bits per heavy atom. The molecule has 1 aliphatic heterocycles. The highest BCUT2D eigenvalue weighted by Gasteiger charge is 2.49. The molecular weight excluding hydrogens is 462 g/mol. The summed E-state index contributed by atoms with van der Waals surface area (Å²) in [7, 11) is 0. The smallest absolute Gasteiger partial charge is 0.325 e. The number of nitrogens with one attached hydrogen (secondary N) is 1. The van der Waals surface area contributed by atoms with Crippen LogP contribution in [0.2, 0.25) is 0 Å². The van der Waals surface area contributed by atoms with Crippen molar-refractivity contribution in [3.63, 3.8) is 0 Å². The van der Waals surface area contributed by atoms with E-state index in [-0.39, 0.29) is 19.0 Å². The van der Waals surface area contributed by atoms with Gasteiger partial charge in [0.1, 0.15) is 17.8 Å². The Labute approximate surface area is 206 Å². The molecule has 2 aromatic heterocycles. The molecule has 1 atom stereocenters. The van der Waals surface area contributed by atoms with Gasteiger partial charge in [-0.1, -0.05) is 36.4 Å². The molecule has 2 aromatic carbocycles. The molecule has 0 bridgehead atoms. The number of fused-ring (bicyclic) bond motifs is 1. The molecule has 7 nitrogen and oxygen atoms in total. The van der Waals surface area contributed by atoms with E-state index in [9.17, 15) is 14.4 Å². The van der Waals surface area contributed by atoms with Gasteiger partial charge in [0.15, 0.2) is 0 Å². The van der Waals surface area contributed by atoms with E-state index in [0.717, 1.165) is 25.4 Å². The Hall–Kier alpha value is -3.91. The fraction of sp³-hybridized carbons (Fsp3) is 0.222. The van der Waals surface area contributed by atoms with Gasteiger partial charge in [0, 0.05) is 9.75 Å². The number of furan rings is 1. The van der Waals surface area contributed by atoms with Crippen LogP contribution >= 0.6 is 11.3 Å². The molecule has 1 aliphatic rings. The van der Waals surface area contributed by atoms with Gasteiger partial charge in [-0.3, -0.25) is 14.5 Å². The number of carbonyl (C=O) groups excluding carboxylic acids is 3. The molecule has 0 saturated carbocycles. The summed E-state index contributed by atoms with van der Waals surface area (Å²) in [5.74, 6) is -0.153. The number of carbonyl (C=O) groups is 3. The van der Waals surface area contributed by atoms with Gasteiger partial charge in [-0.15, -0.1) is 11.3 Å². The van der Waals surface area contributed by atoms with Crippen LogP contribution in [0.15, 0.2) is 77.4 Å². The average molecular weight is 488 g/mol. The maximum absolute atomic E-state index is 13.5. The Balaban J connectivity index is 1.37. The molecule has 1 fully saturated rings. The minimum Gasteiger partial charge on any atom is -0.467 e. The van der Waals surface area contributed by atoms with Gasteiger partial charge in [-0.25, -0.2) is 4.79 Å². The highest BCUT2D eigenvalue weighted by molar-refractivity contribution is 7.11. The van der Waals surface area contributed by atoms with Gasteiger partial charge >= 0.3 is 6.03 Å². The highest BCUT2D eigenvalue weighted by atomic mass is 32.1. The molecule has 0 spiro atoms. The Morgan fingerprint density at radius 2 is 1.83 bits per heavy atom. The molecule has 1 saturated heterocycles. The number of hydrogen-bond donors (Lipinski definition) is 1. The third kappa shape index (κ3) is 4.44. The lowest BCUT2D eigenvalue weighted by Crippen LogP contribution is -2.44. The first-order valence-electron chi connectivity index (χ1n) is 11.3. The van der Waals surface area contributed by atoms with Crippen molar-refractivity contribution in [1.29, 1.82) is 0 Å². The largest absolute Gasteiger partial charge is 0.467 e. The molecular formula is C27H25N3O4S. The summed E-state index contributed by atoms with van der Waals surface area (Å²) in [6, 6.07) is 20.5. The standard InChI is InChI=1S/C27H25N3O4S/c1-18-9-12-23(35-18)16-29(15-22-8-5-13-34-22)24(31)17-30-25(32)27(2,28-26(30)33)21-11-10-19-6-3-4-7-20(19)14-21/h3-14H,15-17H2,1-2H3,(H,28,33). The van der Waals surface area contributed by atoms with E-state index in [1.54, 1.807) is 41.6 Å². The fourth-order valence-electron chi connectivity index (χ4n) is 4.35. The summed E-state index contributed by atoms with van der Waals surface area (Å²) in [5, 5.41) is 4.82. The minimum absolute atomic E-state index is 0.244. The van der Waals surface area contributed by atoms with Gasteiger partial charge < -0.3 is 14.6 Å². The van der Waals surface area contributed by atoms with Crippen molar-refractivity contribution in [2.45, 2.75) is 32.5 Å². The van der Waals surface area contributed by atoms with Crippen molar-refractivity contribution in [3.8, 4) is 0 Å². The zero-order valence-corrected chi connectivity index (χ0v) is 20.3. The average Bonchev–Trinajstić information content (AvgIpc) is 3.56. The van der Waals surface area contributed by atoms with Crippen LogP contribution in [0, 0.1) is 6.92 Å². The normalized spacial score (nSPS) is 17.7. The highest BCUT2D eigenvalue weighted by Crippen LogP contribution is 2.31. The van der Waals surface area contributed by atoms with Crippen LogP contribution in [0.1, 0.15) is 28.0 Å². The van der Waals surface area contributed by atoms with E-state index in [1.807, 2.05) is 61.5 Å². The molecule has 4 amide bonds. The minimum atomic E-state index is -1.25. The number of imide groups is 1. The maximum atomic E-state index is 13.5. The number of aryl methyl sites for hydroxylation is 1. The molecule has 1 unspecified atom stereocenters. The number of amides is 4. The second kappa shape index (κ2) is 9.03. The third-order valence-corrected chi connectivity index (χ3v) is 7.30. The predicted octanol–water partition coefficient (Wildman–Crippen LogP) is 4.80. The topological polar surface area (TPSA) is 82.9 Å². The monoisotopic (exact) mass is 487 g/mol. The second-order valence-electron chi connectivity index (χ2n) is 8.85. The Kier molecular flexibility index (Phi) is 5.90. The summed E-state index contributed by atoms with van der Waals surface area (Å²) in [6.07, 6.45) is 1.56. The lowest BCUT2D eigenvalue weighted by Gasteiger charge is -2.25. The van der Waals surface area contributed by atoms with Crippen LogP contribution in [-0.4, -0.2) is 34.2 Å². The van der Waals surface area contributed by atoms with Crippen molar-refractivity contribution < 1.29 is 18.8 Å². The van der Waals surface area contributed by atoms with E-state index >= 15 is 0 Å². The molecule has 4 aromatic rings. The molecule has 8 heteroatoms. The summed E-state index contributed by atoms with van der Waals surface area (Å²) in [5.41, 5.74) is -0.580. The van der Waals surface area contributed by atoms with E-state index in [2.05, 4.69) is 5.32 Å². The summed E-state index contributed by atoms with van der Waals surface area (Å²) in [6.45, 7) is 3.95. The Morgan fingerprint density at radius 3 is 2.54 bits per heavy atom. The predicted molar refractivity (Wildman–Crippen MR) is 134 cm³/mol. The number of rotatable bonds is 7. The van der Waals surface area contributed by atoms with Crippen LogP contribution in [0.5, 0.6) is 0 Å². The van der Waals surface area contributed by atoms with E-state index in [4.69, 9.17) is 4.42 Å². The number of hydrogen-bond acceptors (Lipinski definition) is 5. The van der Waals surface area contributed by atoms with Crippen molar-refractivity contribution in [2.75, 3.05) is 6.54 Å². The van der Waals surface area contributed by atoms with Crippen molar-refractivity contribution in [3.05, 3.63) is 94.1 Å². The van der Waals surface area contributed by atoms with Gasteiger partial charge in [0.05, 0.1) is 19.4 Å². The lowest BCUT2D eigenvalue weighted by molar-refractivity contribution is -0.139. The Bertz CT molecular complexity index is 1410. The van der Waals surface area contributed by atoms with E-state index < -0.39 is 17.5 Å². The maximum Gasteiger partial charge on any atom is 0.325 e. The molecule has 3 heterocycles. The van der Waals surface area contributed by atoms with Gasteiger partial charge in [-0.2, -0.15) is 0 Å². The number of nitrogens with zero attached hydrogens (tertiary/aromatic N) is 2. The van der Waals surface area contributed by atoms with E-state index in [1.165, 1.54) is 0 Å². The van der Waals surface area contributed by atoms with Crippen LogP contribution in [0.3, 0.4) is 0 Å². The quantitative estimate of drug-likeness (QED) is 0.380. The van der Waals surface area contributed by atoms with Gasteiger partial charge in [0.25, 0.3) is 5.91 Å². The molecule has 35 heavy (non-hydrogen) atoms. The van der Waals surface area contributed by atoms with Crippen LogP contribution in [0.4, 0.5) is 4.79 Å². The third-order valence-electron chi connectivity index (χ3n) is 6.32. The molecule has 1 N–H and O–H groups in total. The SMILES string of the molecule is Cc1ccc(CN(Cc2ccco2)C(=O)CN2C(=O)NC(C)(c3ccc4ccccc4c3)C2=O)s1. The van der Waals surface area contributed by atoms with Crippen LogP contribution < -0.4 is 5.32 Å². The van der Waals surface area contributed by atoms with Crippen molar-refractivity contribution in [2.24, 2.45) is 0 Å². The lowest BCUT2D eigenvalue weighted by atomic mass is 9.90. The molecule has 178 valence electrons. The summed E-state index contributed by atoms with van der Waals surface area (Å²) in [4.78, 5) is 44.5. The zero-order chi connectivity index (χ0) is 24.6. The fourth-order valence-corrected chi connectivity index (χ4v) is 5.26. The number of benzene rings is 2. The molecule has 5 rings (SSSR count). The molecule has 0 aliphatic carbocycles.